The molecule has 0 aromatic heterocycles. The number of aliphatic hydroxyl groups excluding tert-OH is 1. The van der Waals surface area contributed by atoms with Crippen molar-refractivity contribution in [1.82, 2.24) is 3.80 Å². The standard InChI is InChI=1S/C5H5.C4H10N.C3H7O.CH3.CH2.2ClH.Ti/c1-2-4-5-3-1;1-4(2,3)5;1-2-3-4;;;;;/h1-3H,4H2;5H,1-3H3;4H,1-3H2;1H3;1H2;2*1H;/q;-1;;;;;;+1. The van der Waals surface area contributed by atoms with Crippen molar-refractivity contribution in [2.75, 3.05) is 6.61 Å². The monoisotopic (exact) mass is 345 g/mol. The molecule has 0 fully saturated rings. The first-order valence-electron chi connectivity index (χ1n) is 6.49. The van der Waals surface area contributed by atoms with Crippen LogP contribution in [0.5, 0.6) is 0 Å². The van der Waals surface area contributed by atoms with E-state index in [1.54, 1.807) is 0 Å². The van der Waals surface area contributed by atoms with Crippen LogP contribution in [0.2, 0.25) is 9.95 Å². The van der Waals surface area contributed by atoms with Gasteiger partial charge in [0.2, 0.25) is 0 Å². The zero-order chi connectivity index (χ0) is 13.2. The minimum absolute atomic E-state index is 0. The first-order chi connectivity index (χ1) is 7.66. The Bertz CT molecular complexity index is 410. The number of halogens is 2. The Kier molecular flexibility index (Phi) is 8.67. The number of hydrogen-bond acceptors (Lipinski definition) is 2. The molecule has 0 unspecified atom stereocenters. The van der Waals surface area contributed by atoms with Crippen LogP contribution in [-0.2, 0) is 15.1 Å². The molecule has 0 aromatic rings. The Morgan fingerprint density at radius 3 is 2.32 bits per heavy atom. The molecule has 0 aromatic carbocycles. The topological polar surface area (TPSA) is 32.3 Å². The van der Waals surface area contributed by atoms with Crippen LogP contribution in [-0.4, -0.2) is 22.1 Å². The predicted molar refractivity (Wildman–Crippen MR) is 88.7 cm³/mol. The fourth-order valence-electron chi connectivity index (χ4n) is 2.94. The number of nitrogens with one attached hydrogen (secondary N) is 1. The second-order valence-corrected chi connectivity index (χ2v) is 16.1. The van der Waals surface area contributed by atoms with Crippen LogP contribution in [0.4, 0.5) is 0 Å². The Balaban J connectivity index is 0. The fourth-order valence-corrected chi connectivity index (χ4v) is 11.1. The van der Waals surface area contributed by atoms with Crippen LogP contribution in [0.15, 0.2) is 22.1 Å². The van der Waals surface area contributed by atoms with Crippen molar-refractivity contribution in [1.29, 1.82) is 0 Å². The molecule has 0 saturated carbocycles. The van der Waals surface area contributed by atoms with Gasteiger partial charge >= 0.3 is 107 Å². The van der Waals surface area contributed by atoms with Gasteiger partial charge in [-0.2, -0.15) is 0 Å². The maximum absolute atomic E-state index is 9.13. The van der Waals surface area contributed by atoms with E-state index >= 15 is 0 Å². The van der Waals surface area contributed by atoms with Crippen LogP contribution in [0.1, 0.15) is 33.6 Å². The van der Waals surface area contributed by atoms with Crippen molar-refractivity contribution >= 4 is 29.6 Å². The first-order valence-corrected chi connectivity index (χ1v) is 11.8. The van der Waals surface area contributed by atoms with E-state index in [1.165, 1.54) is 3.88 Å². The molecule has 1 aliphatic rings. The summed E-state index contributed by atoms with van der Waals surface area (Å²) in [5.74, 6) is 0. The summed E-state index contributed by atoms with van der Waals surface area (Å²) in [7, 11) is 0. The Morgan fingerprint density at radius 1 is 1.37 bits per heavy atom. The molecular formula is C14H29Cl2NOTi. The average Bonchev–Trinajstić information content (AvgIpc) is 2.65. The first kappa shape index (κ1) is 21.9. The van der Waals surface area contributed by atoms with Gasteiger partial charge in [-0.1, -0.05) is 0 Å². The molecule has 5 heteroatoms. The van der Waals surface area contributed by atoms with Gasteiger partial charge in [-0.3, -0.25) is 0 Å². The molecule has 114 valence electrons. The molecule has 19 heavy (non-hydrogen) atoms. The van der Waals surface area contributed by atoms with E-state index in [1.807, 2.05) is 0 Å². The maximum atomic E-state index is 9.13. The van der Waals surface area contributed by atoms with Crippen molar-refractivity contribution in [3.63, 3.8) is 0 Å². The van der Waals surface area contributed by atoms with Gasteiger partial charge < -0.3 is 0 Å². The van der Waals surface area contributed by atoms with Crippen molar-refractivity contribution < 1.29 is 20.2 Å². The summed E-state index contributed by atoms with van der Waals surface area (Å²) in [5, 5.41) is 11.5. The van der Waals surface area contributed by atoms with Gasteiger partial charge in [0.15, 0.2) is 0 Å². The van der Waals surface area contributed by atoms with Gasteiger partial charge in [0, 0.05) is 0 Å². The summed E-state index contributed by atoms with van der Waals surface area (Å²) in [5.41, 5.74) is 0.0760. The molecule has 2 nitrogen and oxygen atoms in total. The number of allylic oxidation sites excluding steroid dienone is 4. The normalized spacial score (nSPS) is 15.6. The summed E-state index contributed by atoms with van der Waals surface area (Å²) in [6.45, 7) is 6.86. The zero-order valence-electron chi connectivity index (χ0n) is 12.5. The summed E-state index contributed by atoms with van der Waals surface area (Å²) in [6.07, 6.45) is 8.45. The minimum atomic E-state index is -3.08. The Labute approximate surface area is 131 Å². The third-order valence-corrected chi connectivity index (χ3v) is 11.9. The molecule has 0 spiro atoms. The molecule has 0 atom stereocenters. The van der Waals surface area contributed by atoms with Crippen molar-refractivity contribution in [3.05, 3.63) is 22.1 Å². The SMILES string of the molecule is Cl.Cl.[CH2]=[Ti]([CH3])([CH2]CCO)([NH]C(C)(C)C)[C]1=CC=CC1. The third kappa shape index (κ3) is 6.24. The number of aliphatic hydroxyl groups is 1. The summed E-state index contributed by atoms with van der Waals surface area (Å²) in [6, 6.07) is 0. The van der Waals surface area contributed by atoms with Crippen LogP contribution in [0.3, 0.4) is 0 Å². The number of rotatable bonds is 5. The molecule has 0 saturated heterocycles. The predicted octanol–water partition coefficient (Wildman–Crippen LogP) is 3.95. The third-order valence-electron chi connectivity index (χ3n) is 3.46. The van der Waals surface area contributed by atoms with E-state index in [-0.39, 0.29) is 37.0 Å². The quantitative estimate of drug-likeness (QED) is 0.739. The van der Waals surface area contributed by atoms with E-state index in [4.69, 9.17) is 5.11 Å². The van der Waals surface area contributed by atoms with Gasteiger partial charge in [-0.25, -0.2) is 0 Å². The Hall–Kier alpha value is 0.564. The molecule has 0 bridgehead atoms. The second-order valence-electron chi connectivity index (χ2n) is 6.82. The molecule has 0 radical (unpaired) electrons. The zero-order valence-corrected chi connectivity index (χ0v) is 15.7. The molecule has 0 aliphatic heterocycles. The Morgan fingerprint density at radius 2 is 1.95 bits per heavy atom. The van der Waals surface area contributed by atoms with E-state index in [2.05, 4.69) is 52.8 Å². The van der Waals surface area contributed by atoms with E-state index in [0.29, 0.717) is 0 Å². The molecule has 2 N–H and O–H groups in total. The van der Waals surface area contributed by atoms with Crippen LogP contribution in [0, 0.1) is 0 Å². The van der Waals surface area contributed by atoms with E-state index < -0.39 is 15.1 Å². The van der Waals surface area contributed by atoms with Crippen molar-refractivity contribution in [2.45, 2.75) is 49.1 Å². The molecule has 0 amide bonds. The fraction of sp³-hybridized carbons (Fsp3) is 0.643. The summed E-state index contributed by atoms with van der Waals surface area (Å²) in [4.78, 5) is 4.67. The second kappa shape index (κ2) is 7.54. The van der Waals surface area contributed by atoms with Gasteiger partial charge in [0.25, 0.3) is 0 Å². The van der Waals surface area contributed by atoms with Gasteiger partial charge in [0.05, 0.1) is 0 Å². The summed E-state index contributed by atoms with van der Waals surface area (Å²) >= 11 is -3.08. The number of hydrogen-bond donors (Lipinski definition) is 2. The van der Waals surface area contributed by atoms with Crippen LogP contribution < -0.4 is 3.80 Å². The van der Waals surface area contributed by atoms with Crippen molar-refractivity contribution in [2.24, 2.45) is 0 Å². The molecule has 0 heterocycles. The van der Waals surface area contributed by atoms with Gasteiger partial charge in [0.1, 0.15) is 0 Å². The molecule has 1 rings (SSSR count). The van der Waals surface area contributed by atoms with Gasteiger partial charge in [-0.05, 0) is 0 Å². The van der Waals surface area contributed by atoms with Crippen LogP contribution in [0.25, 0.3) is 0 Å². The molecule has 1 aliphatic carbocycles. The molecular weight excluding hydrogens is 317 g/mol. The average molecular weight is 346 g/mol. The van der Waals surface area contributed by atoms with E-state index in [9.17, 15) is 0 Å². The van der Waals surface area contributed by atoms with Crippen LogP contribution >= 0.6 is 24.8 Å². The summed E-state index contributed by atoms with van der Waals surface area (Å²) < 4.78 is 6.36. The van der Waals surface area contributed by atoms with E-state index in [0.717, 1.165) is 17.6 Å². The van der Waals surface area contributed by atoms with Crippen molar-refractivity contribution in [3.8, 4) is 0 Å². The van der Waals surface area contributed by atoms with Gasteiger partial charge in [-0.15, -0.1) is 24.8 Å².